The Morgan fingerprint density at radius 3 is 2.67 bits per heavy atom. The number of carbonyl (C=O) groups is 1. The van der Waals surface area contributed by atoms with Gasteiger partial charge in [0.2, 0.25) is 0 Å². The molecular formula is C15H15N5O7. The zero-order chi connectivity index (χ0) is 20.1. The van der Waals surface area contributed by atoms with Crippen molar-refractivity contribution in [2.75, 3.05) is 12.0 Å². The highest BCUT2D eigenvalue weighted by molar-refractivity contribution is 6.02. The number of ether oxygens (including phenoxy) is 1. The molecule has 0 spiro atoms. The van der Waals surface area contributed by atoms with E-state index in [2.05, 4.69) is 15.5 Å². The number of nitro benzene ring substituents is 2. The Morgan fingerprint density at radius 2 is 2.07 bits per heavy atom. The summed E-state index contributed by atoms with van der Waals surface area (Å²) in [5.41, 5.74) is 1.72. The lowest BCUT2D eigenvalue weighted by Crippen LogP contribution is -2.08. The Hall–Kier alpha value is -3.96. The molecule has 0 aliphatic heterocycles. The molecule has 0 saturated heterocycles. The van der Waals surface area contributed by atoms with E-state index >= 15 is 0 Å². The monoisotopic (exact) mass is 377 g/mol. The quantitative estimate of drug-likeness (QED) is 0.285. The number of nitro groups is 2. The molecule has 0 fully saturated rings. The molecule has 3 N–H and O–H groups in total. The van der Waals surface area contributed by atoms with Gasteiger partial charge in [0.25, 0.3) is 5.69 Å². The summed E-state index contributed by atoms with van der Waals surface area (Å²) in [4.78, 5) is 34.8. The van der Waals surface area contributed by atoms with E-state index in [9.17, 15) is 30.1 Å². The lowest BCUT2D eigenvalue weighted by molar-refractivity contribution is -0.393. The van der Waals surface area contributed by atoms with Crippen molar-refractivity contribution in [3.63, 3.8) is 0 Å². The number of anilines is 1. The van der Waals surface area contributed by atoms with Crippen LogP contribution < -0.4 is 5.43 Å². The number of carbonyl (C=O) groups excluding carboxylic acids is 1. The van der Waals surface area contributed by atoms with Gasteiger partial charge in [-0.05, 0) is 19.9 Å². The molecule has 12 nitrogen and oxygen atoms in total. The minimum atomic E-state index is -0.799. The molecule has 0 aliphatic rings. The number of H-pyrrole nitrogens is 1. The van der Waals surface area contributed by atoms with Crippen LogP contribution in [0.25, 0.3) is 0 Å². The van der Waals surface area contributed by atoms with Crippen LogP contribution in [0.15, 0.2) is 23.3 Å². The smallest absolute Gasteiger partial charge is 0.340 e. The van der Waals surface area contributed by atoms with Crippen LogP contribution in [0.2, 0.25) is 0 Å². The van der Waals surface area contributed by atoms with Crippen molar-refractivity contribution in [2.24, 2.45) is 5.10 Å². The predicted octanol–water partition coefficient (Wildman–Crippen LogP) is 2.47. The van der Waals surface area contributed by atoms with Gasteiger partial charge >= 0.3 is 11.7 Å². The SMILES string of the molecule is CCOC(=O)c1c(C)[nH]c(O)c1/C=N/Nc1ccc([N+](=O)[O-])cc1[N+](=O)[O-]. The number of aromatic nitrogens is 1. The highest BCUT2D eigenvalue weighted by Gasteiger charge is 2.22. The Bertz CT molecular complexity index is 935. The lowest BCUT2D eigenvalue weighted by atomic mass is 10.1. The van der Waals surface area contributed by atoms with Gasteiger partial charge in [0, 0.05) is 11.8 Å². The molecule has 1 heterocycles. The van der Waals surface area contributed by atoms with Gasteiger partial charge in [0.1, 0.15) is 5.69 Å². The maximum Gasteiger partial charge on any atom is 0.340 e. The number of hydrazone groups is 1. The highest BCUT2D eigenvalue weighted by atomic mass is 16.6. The fourth-order valence-electron chi connectivity index (χ4n) is 2.27. The summed E-state index contributed by atoms with van der Waals surface area (Å²) >= 11 is 0. The summed E-state index contributed by atoms with van der Waals surface area (Å²) in [6.45, 7) is 3.31. The molecule has 0 atom stereocenters. The first-order chi connectivity index (χ1) is 12.8. The van der Waals surface area contributed by atoms with Crippen LogP contribution in [0.4, 0.5) is 17.1 Å². The first kappa shape index (κ1) is 19.4. The number of aromatic amines is 1. The lowest BCUT2D eigenvalue weighted by Gasteiger charge is -2.03. The fourth-order valence-corrected chi connectivity index (χ4v) is 2.27. The van der Waals surface area contributed by atoms with Crippen LogP contribution in [-0.4, -0.2) is 38.7 Å². The van der Waals surface area contributed by atoms with Crippen molar-refractivity contribution in [1.29, 1.82) is 0 Å². The third-order valence-electron chi connectivity index (χ3n) is 3.45. The van der Waals surface area contributed by atoms with Gasteiger partial charge in [-0.3, -0.25) is 25.7 Å². The van der Waals surface area contributed by atoms with Crippen molar-refractivity contribution in [3.8, 4) is 5.88 Å². The van der Waals surface area contributed by atoms with Crippen molar-refractivity contribution in [3.05, 3.63) is 55.2 Å². The molecule has 0 amide bonds. The number of non-ortho nitro benzene ring substituents is 1. The van der Waals surface area contributed by atoms with E-state index in [1.807, 2.05) is 0 Å². The summed E-state index contributed by atoms with van der Waals surface area (Å²) in [6, 6.07) is 2.99. The number of rotatable bonds is 7. The van der Waals surface area contributed by atoms with E-state index in [1.54, 1.807) is 13.8 Å². The van der Waals surface area contributed by atoms with Gasteiger partial charge in [0.05, 0.1) is 39.9 Å². The van der Waals surface area contributed by atoms with Crippen LogP contribution >= 0.6 is 0 Å². The third-order valence-corrected chi connectivity index (χ3v) is 3.45. The molecule has 0 radical (unpaired) electrons. The van der Waals surface area contributed by atoms with Crippen LogP contribution in [0, 0.1) is 27.2 Å². The number of benzene rings is 1. The van der Waals surface area contributed by atoms with Gasteiger partial charge in [-0.2, -0.15) is 5.10 Å². The maximum atomic E-state index is 12.0. The van der Waals surface area contributed by atoms with E-state index in [0.717, 1.165) is 24.4 Å². The molecule has 1 aromatic heterocycles. The zero-order valence-electron chi connectivity index (χ0n) is 14.3. The van der Waals surface area contributed by atoms with Gasteiger partial charge in [-0.1, -0.05) is 0 Å². The molecule has 27 heavy (non-hydrogen) atoms. The van der Waals surface area contributed by atoms with Crippen LogP contribution in [0.3, 0.4) is 0 Å². The average molecular weight is 377 g/mol. The normalized spacial score (nSPS) is 10.7. The summed E-state index contributed by atoms with van der Waals surface area (Å²) in [5.74, 6) is -1.01. The van der Waals surface area contributed by atoms with E-state index in [0.29, 0.717) is 5.69 Å². The highest BCUT2D eigenvalue weighted by Crippen LogP contribution is 2.29. The minimum absolute atomic E-state index is 0.0306. The standard InChI is InChI=1S/C15H15N5O7/c1-3-27-15(22)13-8(2)17-14(21)10(13)7-16-18-11-5-4-9(19(23)24)6-12(11)20(25)26/h4-7,17-18,21H,3H2,1-2H3/b16-7+. The second-order valence-electron chi connectivity index (χ2n) is 5.19. The minimum Gasteiger partial charge on any atom is -0.494 e. The molecule has 0 bridgehead atoms. The molecule has 0 saturated carbocycles. The second kappa shape index (κ2) is 7.95. The number of esters is 1. The Kier molecular flexibility index (Phi) is 5.70. The molecule has 2 rings (SSSR count). The molecule has 2 aromatic rings. The summed E-state index contributed by atoms with van der Waals surface area (Å²) < 4.78 is 4.91. The maximum absolute atomic E-state index is 12.0. The fraction of sp³-hybridized carbons (Fsp3) is 0.200. The topological polar surface area (TPSA) is 173 Å². The van der Waals surface area contributed by atoms with E-state index in [1.165, 1.54) is 0 Å². The molecule has 0 aliphatic carbocycles. The van der Waals surface area contributed by atoms with E-state index in [-0.39, 0.29) is 29.3 Å². The first-order valence-electron chi connectivity index (χ1n) is 7.56. The van der Waals surface area contributed by atoms with Crippen LogP contribution in [0.1, 0.15) is 28.5 Å². The van der Waals surface area contributed by atoms with Crippen LogP contribution in [-0.2, 0) is 4.74 Å². The molecule has 0 unspecified atom stereocenters. The molecule has 12 heteroatoms. The van der Waals surface area contributed by atoms with E-state index < -0.39 is 27.2 Å². The summed E-state index contributed by atoms with van der Waals surface area (Å²) in [7, 11) is 0. The van der Waals surface area contributed by atoms with Gasteiger partial charge in [-0.25, -0.2) is 4.79 Å². The zero-order valence-corrected chi connectivity index (χ0v) is 14.3. The van der Waals surface area contributed by atoms with Crippen molar-refractivity contribution < 1.29 is 24.5 Å². The van der Waals surface area contributed by atoms with Crippen LogP contribution in [0.5, 0.6) is 5.88 Å². The predicted molar refractivity (Wildman–Crippen MR) is 94.1 cm³/mol. The van der Waals surface area contributed by atoms with Crippen molar-refractivity contribution in [1.82, 2.24) is 4.98 Å². The molecular weight excluding hydrogens is 362 g/mol. The summed E-state index contributed by atoms with van der Waals surface area (Å²) in [5, 5.41) is 35.5. The van der Waals surface area contributed by atoms with Gasteiger partial charge in [-0.15, -0.1) is 0 Å². The summed E-state index contributed by atoms with van der Waals surface area (Å²) in [6.07, 6.45) is 1.08. The average Bonchev–Trinajstić information content (AvgIpc) is 2.88. The Balaban J connectivity index is 2.32. The van der Waals surface area contributed by atoms with Crippen molar-refractivity contribution >= 4 is 29.2 Å². The van der Waals surface area contributed by atoms with E-state index in [4.69, 9.17) is 4.74 Å². The number of nitrogens with zero attached hydrogens (tertiary/aromatic N) is 3. The first-order valence-corrected chi connectivity index (χ1v) is 7.56. The van der Waals surface area contributed by atoms with Gasteiger partial charge < -0.3 is 14.8 Å². The number of aromatic hydroxyl groups is 1. The molecule has 1 aromatic carbocycles. The Labute approximate surface area is 151 Å². The second-order valence-corrected chi connectivity index (χ2v) is 5.19. The number of nitrogens with one attached hydrogen (secondary N) is 2. The molecule has 142 valence electrons. The van der Waals surface area contributed by atoms with Crippen molar-refractivity contribution in [2.45, 2.75) is 13.8 Å². The number of hydrogen-bond acceptors (Lipinski definition) is 9. The third kappa shape index (κ3) is 4.18. The largest absolute Gasteiger partial charge is 0.494 e. The van der Waals surface area contributed by atoms with Gasteiger partial charge in [0.15, 0.2) is 5.88 Å². The number of hydrogen-bond donors (Lipinski definition) is 3. The number of aryl methyl sites for hydroxylation is 1. The Morgan fingerprint density at radius 1 is 1.37 bits per heavy atom.